The summed E-state index contributed by atoms with van der Waals surface area (Å²) in [5, 5.41) is 8.48. The molecule has 0 aromatic carbocycles. The minimum atomic E-state index is -0.0869. The van der Waals surface area contributed by atoms with Crippen LogP contribution >= 0.6 is 11.6 Å². The van der Waals surface area contributed by atoms with Crippen molar-refractivity contribution in [2.75, 3.05) is 7.11 Å². The second kappa shape index (κ2) is 3.50. The van der Waals surface area contributed by atoms with Crippen molar-refractivity contribution in [2.45, 2.75) is 26.2 Å². The molecule has 72 valence electrons. The fourth-order valence-electron chi connectivity index (χ4n) is 0.961. The van der Waals surface area contributed by atoms with E-state index in [9.17, 15) is 0 Å². The third-order valence-electron chi connectivity index (χ3n) is 1.64. The van der Waals surface area contributed by atoms with Crippen LogP contribution in [-0.2, 0) is 5.41 Å². The van der Waals surface area contributed by atoms with Crippen LogP contribution in [0.15, 0.2) is 6.07 Å². The van der Waals surface area contributed by atoms with Crippen LogP contribution in [0.1, 0.15) is 26.5 Å². The third-order valence-corrected chi connectivity index (χ3v) is 1.93. The van der Waals surface area contributed by atoms with Crippen molar-refractivity contribution in [2.24, 2.45) is 0 Å². The Morgan fingerprint density at radius 2 is 1.92 bits per heavy atom. The first-order valence-corrected chi connectivity index (χ1v) is 4.40. The number of nitrogens with zero attached hydrogens (tertiary/aromatic N) is 2. The van der Waals surface area contributed by atoms with Crippen molar-refractivity contribution >= 4 is 11.6 Å². The van der Waals surface area contributed by atoms with Crippen LogP contribution in [0.5, 0.6) is 5.88 Å². The minimum Gasteiger partial charge on any atom is -0.480 e. The van der Waals surface area contributed by atoms with Gasteiger partial charge in [0, 0.05) is 11.5 Å². The normalized spacial score (nSPS) is 11.5. The Labute approximate surface area is 83.1 Å². The van der Waals surface area contributed by atoms with Gasteiger partial charge in [-0.3, -0.25) is 0 Å². The van der Waals surface area contributed by atoms with Gasteiger partial charge in [-0.2, -0.15) is 0 Å². The molecule has 4 heteroatoms. The van der Waals surface area contributed by atoms with Gasteiger partial charge in [0.2, 0.25) is 5.88 Å². The predicted octanol–water partition coefficient (Wildman–Crippen LogP) is 2.44. The standard InChI is InChI=1S/C9H13ClN2O/c1-9(2,3)8-6(10)5-7(13-4)11-12-8/h5H,1-4H3. The lowest BCUT2D eigenvalue weighted by atomic mass is 9.92. The molecule has 1 aromatic heterocycles. The molecule has 3 nitrogen and oxygen atoms in total. The SMILES string of the molecule is COc1cc(Cl)c(C(C)(C)C)nn1. The monoisotopic (exact) mass is 200 g/mol. The highest BCUT2D eigenvalue weighted by molar-refractivity contribution is 6.31. The molecular formula is C9H13ClN2O. The molecule has 13 heavy (non-hydrogen) atoms. The lowest BCUT2D eigenvalue weighted by Gasteiger charge is -2.18. The fourth-order valence-corrected chi connectivity index (χ4v) is 1.38. The summed E-state index contributed by atoms with van der Waals surface area (Å²) in [6, 6.07) is 1.68. The molecule has 0 aliphatic rings. The van der Waals surface area contributed by atoms with Crippen LogP contribution in [0.2, 0.25) is 5.02 Å². The van der Waals surface area contributed by atoms with Gasteiger partial charge in [0.05, 0.1) is 17.8 Å². The Morgan fingerprint density at radius 3 is 2.31 bits per heavy atom. The van der Waals surface area contributed by atoms with Crippen LogP contribution < -0.4 is 4.74 Å². The molecule has 0 fully saturated rings. The van der Waals surface area contributed by atoms with E-state index < -0.39 is 0 Å². The predicted molar refractivity (Wildman–Crippen MR) is 52.3 cm³/mol. The molecule has 0 aliphatic carbocycles. The molecule has 0 spiro atoms. The summed E-state index contributed by atoms with van der Waals surface area (Å²) in [4.78, 5) is 0. The Kier molecular flexibility index (Phi) is 2.76. The van der Waals surface area contributed by atoms with Crippen LogP contribution in [0.3, 0.4) is 0 Å². The van der Waals surface area contributed by atoms with Crippen molar-refractivity contribution in [3.8, 4) is 5.88 Å². The molecule has 0 amide bonds. The Balaban J connectivity index is 3.13. The van der Waals surface area contributed by atoms with Crippen LogP contribution in [-0.4, -0.2) is 17.3 Å². The van der Waals surface area contributed by atoms with Gasteiger partial charge in [0.25, 0.3) is 0 Å². The van der Waals surface area contributed by atoms with E-state index in [1.54, 1.807) is 6.07 Å². The zero-order valence-corrected chi connectivity index (χ0v) is 9.01. The average Bonchev–Trinajstić information content (AvgIpc) is 2.01. The average molecular weight is 201 g/mol. The zero-order valence-electron chi connectivity index (χ0n) is 8.26. The zero-order chi connectivity index (χ0) is 10.1. The van der Waals surface area contributed by atoms with Crippen molar-refractivity contribution < 1.29 is 4.74 Å². The lowest BCUT2D eigenvalue weighted by molar-refractivity contribution is 0.389. The lowest BCUT2D eigenvalue weighted by Crippen LogP contribution is -2.15. The summed E-state index contributed by atoms with van der Waals surface area (Å²) < 4.78 is 4.90. The van der Waals surface area contributed by atoms with E-state index in [1.807, 2.05) is 20.8 Å². The van der Waals surface area contributed by atoms with E-state index >= 15 is 0 Å². The van der Waals surface area contributed by atoms with Gasteiger partial charge in [-0.15, -0.1) is 10.2 Å². The van der Waals surface area contributed by atoms with Gasteiger partial charge in [-0.1, -0.05) is 32.4 Å². The van der Waals surface area contributed by atoms with Gasteiger partial charge >= 0.3 is 0 Å². The largest absolute Gasteiger partial charge is 0.480 e. The van der Waals surface area contributed by atoms with E-state index in [1.165, 1.54) is 7.11 Å². The highest BCUT2D eigenvalue weighted by Gasteiger charge is 2.20. The van der Waals surface area contributed by atoms with Gasteiger partial charge in [0.1, 0.15) is 0 Å². The molecular weight excluding hydrogens is 188 g/mol. The third kappa shape index (κ3) is 2.31. The Hall–Kier alpha value is -0.830. The highest BCUT2D eigenvalue weighted by Crippen LogP contribution is 2.28. The number of rotatable bonds is 1. The summed E-state index contributed by atoms with van der Waals surface area (Å²) in [5.41, 5.74) is 0.700. The van der Waals surface area contributed by atoms with Crippen molar-refractivity contribution in [1.29, 1.82) is 0 Å². The van der Waals surface area contributed by atoms with Crippen LogP contribution in [0, 0.1) is 0 Å². The Bertz CT molecular complexity index is 307. The van der Waals surface area contributed by atoms with E-state index in [2.05, 4.69) is 10.2 Å². The van der Waals surface area contributed by atoms with E-state index in [4.69, 9.17) is 16.3 Å². The highest BCUT2D eigenvalue weighted by atomic mass is 35.5. The molecule has 0 bridgehead atoms. The Morgan fingerprint density at radius 1 is 1.31 bits per heavy atom. The maximum Gasteiger partial charge on any atom is 0.234 e. The van der Waals surface area contributed by atoms with Gasteiger partial charge in [-0.25, -0.2) is 0 Å². The fraction of sp³-hybridized carbons (Fsp3) is 0.556. The molecule has 0 radical (unpaired) electrons. The molecule has 1 rings (SSSR count). The molecule has 1 aromatic rings. The second-order valence-electron chi connectivity index (χ2n) is 3.83. The van der Waals surface area contributed by atoms with Crippen molar-refractivity contribution in [3.05, 3.63) is 16.8 Å². The number of methoxy groups -OCH3 is 1. The van der Waals surface area contributed by atoms with E-state index in [0.717, 1.165) is 5.69 Å². The second-order valence-corrected chi connectivity index (χ2v) is 4.24. The summed E-state index contributed by atoms with van der Waals surface area (Å²) in [5.74, 6) is 0.443. The number of ether oxygens (including phenoxy) is 1. The minimum absolute atomic E-state index is 0.0869. The molecule has 0 aliphatic heterocycles. The van der Waals surface area contributed by atoms with Crippen molar-refractivity contribution in [3.63, 3.8) is 0 Å². The molecule has 1 heterocycles. The molecule has 0 unspecified atom stereocenters. The summed E-state index contributed by atoms with van der Waals surface area (Å²) in [7, 11) is 1.54. The maximum absolute atomic E-state index is 6.01. The van der Waals surface area contributed by atoms with Crippen molar-refractivity contribution in [1.82, 2.24) is 10.2 Å². The van der Waals surface area contributed by atoms with Gasteiger partial charge in [0.15, 0.2) is 0 Å². The number of aromatic nitrogens is 2. The van der Waals surface area contributed by atoms with E-state index in [0.29, 0.717) is 10.9 Å². The molecule has 0 atom stereocenters. The van der Waals surface area contributed by atoms with Crippen LogP contribution in [0.4, 0.5) is 0 Å². The van der Waals surface area contributed by atoms with Gasteiger partial charge < -0.3 is 4.74 Å². The van der Waals surface area contributed by atoms with E-state index in [-0.39, 0.29) is 5.41 Å². The molecule has 0 saturated heterocycles. The first kappa shape index (κ1) is 10.3. The van der Waals surface area contributed by atoms with Crippen LogP contribution in [0.25, 0.3) is 0 Å². The van der Waals surface area contributed by atoms with Gasteiger partial charge in [-0.05, 0) is 0 Å². The quantitative estimate of drug-likeness (QED) is 0.699. The first-order chi connectivity index (χ1) is 5.95. The number of hydrogen-bond acceptors (Lipinski definition) is 3. The smallest absolute Gasteiger partial charge is 0.234 e. The maximum atomic E-state index is 6.01. The summed E-state index contributed by atoms with van der Waals surface area (Å²) in [6.07, 6.45) is 0. The molecule has 0 saturated carbocycles. The molecule has 0 N–H and O–H groups in total. The topological polar surface area (TPSA) is 35.0 Å². The summed E-state index contributed by atoms with van der Waals surface area (Å²) >= 11 is 6.01. The first-order valence-electron chi connectivity index (χ1n) is 4.03. The number of halogens is 1. The summed E-state index contributed by atoms with van der Waals surface area (Å²) in [6.45, 7) is 6.11. The number of hydrogen-bond donors (Lipinski definition) is 0.